The van der Waals surface area contributed by atoms with Crippen LogP contribution in [-0.2, 0) is 36.8 Å². The molecule has 2 aromatic carbocycles. The first-order valence-corrected chi connectivity index (χ1v) is 12.4. The Morgan fingerprint density at radius 1 is 0.974 bits per heavy atom. The Labute approximate surface area is 222 Å². The van der Waals surface area contributed by atoms with E-state index in [9.17, 15) is 19.2 Å². The fourth-order valence-corrected chi connectivity index (χ4v) is 3.99. The average Bonchev–Trinajstić information content (AvgIpc) is 3.24. The summed E-state index contributed by atoms with van der Waals surface area (Å²) in [5.74, 6) is -1.74. The van der Waals surface area contributed by atoms with Crippen molar-refractivity contribution in [3.05, 3.63) is 71.9 Å². The standard InChI is InChI=1S/C29H34N2O7/c1-19(30-27(34)37-18-20-11-7-6-8-12-20)25(32)16-21(26(33)36-5)15-22-17-31(28(35)38-29(2,3)4)24-14-10-9-13-23(22)24/h6-14,17,19,21H,15-16,18H2,1-5H3,(H,30,34)/t19-,21+/m0/s1. The second kappa shape index (κ2) is 12.4. The third-order valence-corrected chi connectivity index (χ3v) is 5.86. The van der Waals surface area contributed by atoms with Crippen molar-refractivity contribution in [3.63, 3.8) is 0 Å². The van der Waals surface area contributed by atoms with E-state index >= 15 is 0 Å². The number of alkyl carbamates (subject to hydrolysis) is 1. The summed E-state index contributed by atoms with van der Waals surface area (Å²) in [5.41, 5.74) is 1.45. The lowest BCUT2D eigenvalue weighted by atomic mass is 9.92. The van der Waals surface area contributed by atoms with Gasteiger partial charge in [0.15, 0.2) is 5.78 Å². The van der Waals surface area contributed by atoms with Gasteiger partial charge in [-0.05, 0) is 51.3 Å². The monoisotopic (exact) mass is 522 g/mol. The number of rotatable bonds is 9. The van der Waals surface area contributed by atoms with Crippen LogP contribution in [-0.4, -0.2) is 47.3 Å². The van der Waals surface area contributed by atoms with Gasteiger partial charge in [0, 0.05) is 18.0 Å². The number of carbonyl (C=O) groups is 4. The SMILES string of the molecule is COC(=O)[C@@H](CC(=O)[C@H](C)NC(=O)OCc1ccccc1)Cc1cn(C(=O)OC(C)(C)C)c2ccccc12. The molecule has 0 saturated heterocycles. The zero-order chi connectivity index (χ0) is 27.9. The lowest BCUT2D eigenvalue weighted by Gasteiger charge is -2.19. The van der Waals surface area contributed by atoms with Gasteiger partial charge in [0.25, 0.3) is 0 Å². The van der Waals surface area contributed by atoms with E-state index in [4.69, 9.17) is 14.2 Å². The zero-order valence-corrected chi connectivity index (χ0v) is 22.4. The van der Waals surface area contributed by atoms with Gasteiger partial charge in [0.2, 0.25) is 0 Å². The maximum absolute atomic E-state index is 13.0. The molecule has 3 rings (SSSR count). The number of Topliss-reactive ketones (excluding diaryl/α,β-unsaturated/α-hetero) is 1. The van der Waals surface area contributed by atoms with Crippen LogP contribution in [0.1, 0.15) is 45.2 Å². The number of esters is 1. The number of nitrogens with one attached hydrogen (secondary N) is 1. The van der Waals surface area contributed by atoms with Crippen LogP contribution in [0.2, 0.25) is 0 Å². The average molecular weight is 523 g/mol. The highest BCUT2D eigenvalue weighted by molar-refractivity contribution is 5.93. The van der Waals surface area contributed by atoms with E-state index in [-0.39, 0.29) is 25.2 Å². The molecule has 0 aliphatic carbocycles. The number of carbonyl (C=O) groups excluding carboxylic acids is 4. The normalized spacial score (nSPS) is 12.9. The highest BCUT2D eigenvalue weighted by Gasteiger charge is 2.29. The highest BCUT2D eigenvalue weighted by atomic mass is 16.6. The molecule has 1 aromatic heterocycles. The predicted octanol–water partition coefficient (Wildman–Crippen LogP) is 5.03. The summed E-state index contributed by atoms with van der Waals surface area (Å²) in [4.78, 5) is 50.6. The van der Waals surface area contributed by atoms with Crippen molar-refractivity contribution >= 4 is 34.8 Å². The van der Waals surface area contributed by atoms with Gasteiger partial charge in [-0.25, -0.2) is 9.59 Å². The Balaban J connectivity index is 1.71. The maximum atomic E-state index is 13.0. The molecular formula is C29H34N2O7. The number of fused-ring (bicyclic) bond motifs is 1. The van der Waals surface area contributed by atoms with Crippen molar-refractivity contribution < 1.29 is 33.4 Å². The molecule has 9 heteroatoms. The largest absolute Gasteiger partial charge is 0.469 e. The smallest absolute Gasteiger partial charge is 0.419 e. The number of benzene rings is 2. The summed E-state index contributed by atoms with van der Waals surface area (Å²) in [5, 5.41) is 3.28. The van der Waals surface area contributed by atoms with Gasteiger partial charge in [-0.1, -0.05) is 48.5 Å². The molecular weight excluding hydrogens is 488 g/mol. The third kappa shape index (κ3) is 7.68. The Morgan fingerprint density at radius 2 is 1.63 bits per heavy atom. The van der Waals surface area contributed by atoms with E-state index in [0.29, 0.717) is 11.1 Å². The highest BCUT2D eigenvalue weighted by Crippen LogP contribution is 2.26. The minimum Gasteiger partial charge on any atom is -0.469 e. The van der Waals surface area contributed by atoms with E-state index in [1.54, 1.807) is 39.1 Å². The van der Waals surface area contributed by atoms with Crippen molar-refractivity contribution in [1.82, 2.24) is 9.88 Å². The van der Waals surface area contributed by atoms with Gasteiger partial charge < -0.3 is 19.5 Å². The summed E-state index contributed by atoms with van der Waals surface area (Å²) >= 11 is 0. The summed E-state index contributed by atoms with van der Waals surface area (Å²) < 4.78 is 17.1. The van der Waals surface area contributed by atoms with Crippen molar-refractivity contribution in [2.45, 2.75) is 58.8 Å². The van der Waals surface area contributed by atoms with Crippen LogP contribution in [0.15, 0.2) is 60.8 Å². The van der Waals surface area contributed by atoms with Gasteiger partial charge in [-0.2, -0.15) is 0 Å². The molecule has 0 saturated carbocycles. The van der Waals surface area contributed by atoms with Crippen LogP contribution in [0.4, 0.5) is 9.59 Å². The second-order valence-electron chi connectivity index (χ2n) is 10.0. The van der Waals surface area contributed by atoms with Crippen molar-refractivity contribution in [3.8, 4) is 0 Å². The Kier molecular flexibility index (Phi) is 9.28. The first-order valence-electron chi connectivity index (χ1n) is 12.4. The molecule has 202 valence electrons. The first-order chi connectivity index (χ1) is 18.0. The summed E-state index contributed by atoms with van der Waals surface area (Å²) in [6.07, 6.45) is 0.336. The van der Waals surface area contributed by atoms with Crippen LogP contribution >= 0.6 is 0 Å². The molecule has 1 amide bonds. The molecule has 0 bridgehead atoms. The minimum atomic E-state index is -0.881. The van der Waals surface area contributed by atoms with Crippen molar-refractivity contribution in [1.29, 1.82) is 0 Å². The van der Waals surface area contributed by atoms with E-state index in [2.05, 4.69) is 5.32 Å². The molecule has 1 N–H and O–H groups in total. The van der Waals surface area contributed by atoms with Gasteiger partial charge in [0.1, 0.15) is 12.2 Å². The first kappa shape index (κ1) is 28.4. The quantitative estimate of drug-likeness (QED) is 0.310. The number of methoxy groups -OCH3 is 1. The van der Waals surface area contributed by atoms with Crippen molar-refractivity contribution in [2.24, 2.45) is 5.92 Å². The van der Waals surface area contributed by atoms with Crippen LogP contribution in [0.25, 0.3) is 10.9 Å². The van der Waals surface area contributed by atoms with Gasteiger partial charge in [-0.15, -0.1) is 0 Å². The van der Waals surface area contributed by atoms with E-state index in [0.717, 1.165) is 10.9 Å². The van der Waals surface area contributed by atoms with Crippen LogP contribution in [0.3, 0.4) is 0 Å². The summed E-state index contributed by atoms with van der Waals surface area (Å²) in [6, 6.07) is 15.6. The van der Waals surface area contributed by atoms with Crippen LogP contribution in [0, 0.1) is 5.92 Å². The maximum Gasteiger partial charge on any atom is 0.419 e. The topological polar surface area (TPSA) is 113 Å². The second-order valence-corrected chi connectivity index (χ2v) is 10.0. The number of hydrogen-bond acceptors (Lipinski definition) is 7. The number of amides is 1. The molecule has 0 fully saturated rings. The number of nitrogens with zero attached hydrogens (tertiary/aromatic N) is 1. The number of ketones is 1. The minimum absolute atomic E-state index is 0.0695. The molecule has 0 aliphatic heterocycles. The van der Waals surface area contributed by atoms with E-state index in [1.165, 1.54) is 18.6 Å². The Morgan fingerprint density at radius 3 is 2.29 bits per heavy atom. The molecule has 3 aromatic rings. The third-order valence-electron chi connectivity index (χ3n) is 5.86. The lowest BCUT2D eigenvalue weighted by molar-refractivity contribution is -0.147. The Hall–Kier alpha value is -4.14. The van der Waals surface area contributed by atoms with E-state index in [1.807, 2.05) is 42.5 Å². The number of aromatic nitrogens is 1. The van der Waals surface area contributed by atoms with Gasteiger partial charge in [0.05, 0.1) is 24.6 Å². The molecule has 1 heterocycles. The molecule has 0 spiro atoms. The van der Waals surface area contributed by atoms with Gasteiger partial charge in [-0.3, -0.25) is 14.2 Å². The molecule has 38 heavy (non-hydrogen) atoms. The summed E-state index contributed by atoms with van der Waals surface area (Å²) in [7, 11) is 1.26. The molecule has 0 aliphatic rings. The fourth-order valence-electron chi connectivity index (χ4n) is 3.99. The molecule has 2 atom stereocenters. The van der Waals surface area contributed by atoms with Crippen LogP contribution in [0.5, 0.6) is 0 Å². The zero-order valence-electron chi connectivity index (χ0n) is 22.4. The van der Waals surface area contributed by atoms with Crippen LogP contribution < -0.4 is 5.32 Å². The van der Waals surface area contributed by atoms with Crippen molar-refractivity contribution in [2.75, 3.05) is 7.11 Å². The number of ether oxygens (including phenoxy) is 3. The summed E-state index contributed by atoms with van der Waals surface area (Å²) in [6.45, 7) is 6.95. The predicted molar refractivity (Wildman–Crippen MR) is 142 cm³/mol. The number of para-hydroxylation sites is 1. The van der Waals surface area contributed by atoms with Gasteiger partial charge >= 0.3 is 18.2 Å². The number of hydrogen-bond donors (Lipinski definition) is 1. The van der Waals surface area contributed by atoms with E-state index < -0.39 is 35.7 Å². The molecule has 0 radical (unpaired) electrons. The lowest BCUT2D eigenvalue weighted by Crippen LogP contribution is -2.40. The molecule has 0 unspecified atom stereocenters. The molecule has 9 nitrogen and oxygen atoms in total. The Bertz CT molecular complexity index is 1290. The fraction of sp³-hybridized carbons (Fsp3) is 0.379.